The number of aromatic nitrogens is 2. The summed E-state index contributed by atoms with van der Waals surface area (Å²) in [7, 11) is 0. The number of rotatable bonds is 4. The number of benzene rings is 1. The van der Waals surface area contributed by atoms with E-state index in [4.69, 9.17) is 11.6 Å². The molecule has 0 bridgehead atoms. The Balaban J connectivity index is 1.98. The predicted octanol–water partition coefficient (Wildman–Crippen LogP) is 3.75. The van der Waals surface area contributed by atoms with E-state index in [0.717, 1.165) is 17.8 Å². The molecule has 0 saturated carbocycles. The molecule has 0 aliphatic rings. The summed E-state index contributed by atoms with van der Waals surface area (Å²) in [6, 6.07) is 6.61. The Morgan fingerprint density at radius 3 is 2.62 bits per heavy atom. The van der Waals surface area contributed by atoms with Gasteiger partial charge in [0.1, 0.15) is 0 Å². The largest absolute Gasteiger partial charge is 0.331 e. The lowest BCUT2D eigenvalue weighted by Crippen LogP contribution is -2.31. The lowest BCUT2D eigenvalue weighted by Gasteiger charge is -2.14. The molecule has 0 aliphatic heterocycles. The molecule has 0 spiro atoms. The van der Waals surface area contributed by atoms with E-state index in [-0.39, 0.29) is 12.1 Å². The Morgan fingerprint density at radius 2 is 2.05 bits per heavy atom. The van der Waals surface area contributed by atoms with Gasteiger partial charge in [-0.25, -0.2) is 4.79 Å². The first-order chi connectivity index (χ1) is 9.99. The van der Waals surface area contributed by atoms with Gasteiger partial charge in [-0.1, -0.05) is 11.6 Å². The van der Waals surface area contributed by atoms with Crippen LogP contribution in [-0.4, -0.2) is 15.8 Å². The monoisotopic (exact) mass is 306 g/mol. The predicted molar refractivity (Wildman–Crippen MR) is 84.7 cm³/mol. The Bertz CT molecular complexity index is 621. The highest BCUT2D eigenvalue weighted by Gasteiger charge is 2.14. The van der Waals surface area contributed by atoms with Gasteiger partial charge in [0.05, 0.1) is 11.7 Å². The first-order valence-corrected chi connectivity index (χ1v) is 7.24. The van der Waals surface area contributed by atoms with Crippen LogP contribution in [0.25, 0.3) is 0 Å². The van der Waals surface area contributed by atoms with Crippen molar-refractivity contribution in [3.05, 3.63) is 46.7 Å². The maximum Gasteiger partial charge on any atom is 0.319 e. The van der Waals surface area contributed by atoms with Crippen molar-refractivity contribution < 1.29 is 4.79 Å². The molecular formula is C15H19ClN4O. The van der Waals surface area contributed by atoms with Crippen LogP contribution in [0.1, 0.15) is 31.1 Å². The summed E-state index contributed by atoms with van der Waals surface area (Å²) >= 11 is 5.81. The Morgan fingerprint density at radius 1 is 1.38 bits per heavy atom. The van der Waals surface area contributed by atoms with Crippen molar-refractivity contribution in [2.24, 2.45) is 0 Å². The molecule has 2 aromatic rings. The second-order valence-electron chi connectivity index (χ2n) is 4.85. The first kappa shape index (κ1) is 15.4. The molecule has 1 atom stereocenters. The number of amides is 2. The van der Waals surface area contributed by atoms with Crippen LogP contribution >= 0.6 is 11.6 Å². The van der Waals surface area contributed by atoms with Crippen LogP contribution < -0.4 is 10.6 Å². The van der Waals surface area contributed by atoms with E-state index in [1.807, 2.05) is 31.6 Å². The zero-order valence-corrected chi connectivity index (χ0v) is 13.1. The van der Waals surface area contributed by atoms with E-state index in [1.165, 1.54) is 0 Å². The minimum Gasteiger partial charge on any atom is -0.331 e. The Labute approximate surface area is 129 Å². The zero-order valence-electron chi connectivity index (χ0n) is 12.4. The summed E-state index contributed by atoms with van der Waals surface area (Å²) in [6.45, 7) is 6.72. The number of hydrogen-bond acceptors (Lipinski definition) is 2. The van der Waals surface area contributed by atoms with Crippen molar-refractivity contribution in [1.29, 1.82) is 0 Å². The second kappa shape index (κ2) is 6.63. The van der Waals surface area contributed by atoms with Crippen molar-refractivity contribution in [2.75, 3.05) is 5.32 Å². The van der Waals surface area contributed by atoms with Gasteiger partial charge in [-0.3, -0.25) is 4.68 Å². The van der Waals surface area contributed by atoms with E-state index in [2.05, 4.69) is 15.7 Å². The molecule has 5 nitrogen and oxygen atoms in total. The van der Waals surface area contributed by atoms with Crippen LogP contribution in [0.2, 0.25) is 5.02 Å². The molecule has 2 N–H and O–H groups in total. The van der Waals surface area contributed by atoms with Crippen LogP contribution in [-0.2, 0) is 6.54 Å². The zero-order chi connectivity index (χ0) is 15.4. The van der Waals surface area contributed by atoms with Gasteiger partial charge in [-0.05, 0) is 45.0 Å². The number of carbonyl (C=O) groups excluding carboxylic acids is 1. The maximum absolute atomic E-state index is 12.0. The average Bonchev–Trinajstić information content (AvgIpc) is 2.82. The molecular weight excluding hydrogens is 288 g/mol. The van der Waals surface area contributed by atoms with Gasteiger partial charge in [-0.15, -0.1) is 0 Å². The van der Waals surface area contributed by atoms with Crippen molar-refractivity contribution in [2.45, 2.75) is 33.4 Å². The number of anilines is 1. The number of urea groups is 1. The van der Waals surface area contributed by atoms with Crippen LogP contribution in [0.3, 0.4) is 0 Å². The standard InChI is InChI=1S/C15H19ClN4O/c1-4-20-9-14(11(3)19-20)10(2)17-15(21)18-13-7-5-12(16)6-8-13/h5-10H,4H2,1-3H3,(H2,17,18,21). The van der Waals surface area contributed by atoms with Gasteiger partial charge in [0.15, 0.2) is 0 Å². The molecule has 6 heteroatoms. The fourth-order valence-corrected chi connectivity index (χ4v) is 2.22. The van der Waals surface area contributed by atoms with Gasteiger partial charge in [0.2, 0.25) is 0 Å². The first-order valence-electron chi connectivity index (χ1n) is 6.86. The summed E-state index contributed by atoms with van der Waals surface area (Å²) in [5.74, 6) is 0. The minimum absolute atomic E-state index is 0.113. The molecule has 0 radical (unpaired) electrons. The molecule has 1 unspecified atom stereocenters. The van der Waals surface area contributed by atoms with Crippen molar-refractivity contribution in [3.8, 4) is 0 Å². The third kappa shape index (κ3) is 3.98. The average molecular weight is 307 g/mol. The van der Waals surface area contributed by atoms with Crippen LogP contribution in [0, 0.1) is 6.92 Å². The quantitative estimate of drug-likeness (QED) is 0.904. The van der Waals surface area contributed by atoms with E-state index in [9.17, 15) is 4.79 Å². The van der Waals surface area contributed by atoms with Crippen LogP contribution in [0.4, 0.5) is 10.5 Å². The third-order valence-corrected chi connectivity index (χ3v) is 3.48. The van der Waals surface area contributed by atoms with Crippen LogP contribution in [0.5, 0.6) is 0 Å². The van der Waals surface area contributed by atoms with E-state index < -0.39 is 0 Å². The molecule has 21 heavy (non-hydrogen) atoms. The number of hydrogen-bond donors (Lipinski definition) is 2. The number of nitrogens with zero attached hydrogens (tertiary/aromatic N) is 2. The molecule has 2 amide bonds. The number of aryl methyl sites for hydroxylation is 2. The van der Waals surface area contributed by atoms with Crippen LogP contribution in [0.15, 0.2) is 30.5 Å². The lowest BCUT2D eigenvalue weighted by atomic mass is 10.1. The third-order valence-electron chi connectivity index (χ3n) is 3.22. The van der Waals surface area contributed by atoms with Gasteiger partial charge in [0.25, 0.3) is 0 Å². The van der Waals surface area contributed by atoms with E-state index >= 15 is 0 Å². The fraction of sp³-hybridized carbons (Fsp3) is 0.333. The topological polar surface area (TPSA) is 59.0 Å². The number of carbonyl (C=O) groups is 1. The Kier molecular flexibility index (Phi) is 4.85. The maximum atomic E-state index is 12.0. The summed E-state index contributed by atoms with van der Waals surface area (Å²) in [6.07, 6.45) is 1.96. The SMILES string of the molecule is CCn1cc(C(C)NC(=O)Nc2ccc(Cl)cc2)c(C)n1. The highest BCUT2D eigenvalue weighted by molar-refractivity contribution is 6.30. The highest BCUT2D eigenvalue weighted by atomic mass is 35.5. The second-order valence-corrected chi connectivity index (χ2v) is 5.29. The molecule has 112 valence electrons. The smallest absolute Gasteiger partial charge is 0.319 e. The lowest BCUT2D eigenvalue weighted by molar-refractivity contribution is 0.249. The van der Waals surface area contributed by atoms with Crippen molar-refractivity contribution >= 4 is 23.3 Å². The molecule has 1 heterocycles. The molecule has 0 saturated heterocycles. The normalized spacial score (nSPS) is 12.0. The summed E-state index contributed by atoms with van der Waals surface area (Å²) in [5, 5.41) is 10.7. The summed E-state index contributed by atoms with van der Waals surface area (Å²) in [5.41, 5.74) is 2.64. The summed E-state index contributed by atoms with van der Waals surface area (Å²) < 4.78 is 1.86. The highest BCUT2D eigenvalue weighted by Crippen LogP contribution is 2.17. The molecule has 1 aromatic carbocycles. The van der Waals surface area contributed by atoms with Crippen molar-refractivity contribution in [1.82, 2.24) is 15.1 Å². The number of halogens is 1. The van der Waals surface area contributed by atoms with E-state index in [0.29, 0.717) is 10.7 Å². The van der Waals surface area contributed by atoms with Gasteiger partial charge < -0.3 is 10.6 Å². The van der Waals surface area contributed by atoms with E-state index in [1.54, 1.807) is 24.3 Å². The van der Waals surface area contributed by atoms with Crippen molar-refractivity contribution in [3.63, 3.8) is 0 Å². The molecule has 0 fully saturated rings. The minimum atomic E-state index is -0.256. The molecule has 0 aliphatic carbocycles. The molecule has 2 rings (SSSR count). The number of nitrogens with one attached hydrogen (secondary N) is 2. The fourth-order valence-electron chi connectivity index (χ4n) is 2.10. The van der Waals surface area contributed by atoms with Gasteiger partial charge in [0, 0.05) is 29.0 Å². The molecule has 1 aromatic heterocycles. The van der Waals surface area contributed by atoms with Gasteiger partial charge in [-0.2, -0.15) is 5.10 Å². The Hall–Kier alpha value is -2.01. The van der Waals surface area contributed by atoms with Gasteiger partial charge >= 0.3 is 6.03 Å². The summed E-state index contributed by atoms with van der Waals surface area (Å²) in [4.78, 5) is 12.0.